The molecule has 288 valence electrons. The van der Waals surface area contributed by atoms with Gasteiger partial charge in [-0.05, 0) is 166 Å². The molecule has 0 aliphatic heterocycles. The van der Waals surface area contributed by atoms with E-state index in [0.717, 1.165) is 36.0 Å². The third kappa shape index (κ3) is 10.7. The van der Waals surface area contributed by atoms with Gasteiger partial charge in [0.2, 0.25) is 0 Å². The highest BCUT2D eigenvalue weighted by atomic mass is 16.5. The van der Waals surface area contributed by atoms with E-state index in [2.05, 4.69) is 35.7 Å². The van der Waals surface area contributed by atoms with Gasteiger partial charge in [0.1, 0.15) is 34.5 Å². The third-order valence-electron chi connectivity index (χ3n) is 9.98. The second kappa shape index (κ2) is 17.7. The molecule has 9 nitrogen and oxygen atoms in total. The summed E-state index contributed by atoms with van der Waals surface area (Å²) in [6.07, 6.45) is 20.9. The summed E-state index contributed by atoms with van der Waals surface area (Å²) in [4.78, 5) is 13.4. The normalized spacial score (nSPS) is 17.6. The lowest BCUT2D eigenvalue weighted by molar-refractivity contribution is 0.362. The molecular weight excluding hydrogens is 715 g/mol. The maximum atomic E-state index is 9.68. The summed E-state index contributed by atoms with van der Waals surface area (Å²) in [7, 11) is 0. The van der Waals surface area contributed by atoms with Crippen LogP contribution in [0.4, 0.5) is 0 Å². The van der Waals surface area contributed by atoms with Gasteiger partial charge in [-0.3, -0.25) is 0 Å². The average Bonchev–Trinajstić information content (AvgIpc) is 3.21. The second-order valence-electron chi connectivity index (χ2n) is 14.4. The molecule has 57 heavy (non-hydrogen) atoms. The summed E-state index contributed by atoms with van der Waals surface area (Å²) in [5.74, 6) is 2.51. The van der Waals surface area contributed by atoms with Gasteiger partial charge in [-0.1, -0.05) is 71.3 Å². The van der Waals surface area contributed by atoms with Crippen molar-refractivity contribution < 1.29 is 29.5 Å². The van der Waals surface area contributed by atoms with E-state index < -0.39 is 0 Å². The predicted octanol–water partition coefficient (Wildman–Crippen LogP) is 12.0. The Morgan fingerprint density at radius 3 is 0.912 bits per heavy atom. The molecule has 0 spiro atoms. The Kier molecular flexibility index (Phi) is 11.9. The zero-order valence-corrected chi connectivity index (χ0v) is 32.3. The van der Waals surface area contributed by atoms with Crippen LogP contribution in [0.5, 0.6) is 35.3 Å². The molecule has 0 unspecified atom stereocenters. The number of rotatable bonds is 12. The molecule has 0 fully saturated rings. The van der Waals surface area contributed by atoms with Gasteiger partial charge in [-0.2, -0.15) is 0 Å². The summed E-state index contributed by atoms with van der Waals surface area (Å²) in [5.41, 5.74) is 10.6. The Morgan fingerprint density at radius 2 is 0.684 bits per heavy atom. The summed E-state index contributed by atoms with van der Waals surface area (Å²) in [6.45, 7) is 6.31. The molecule has 9 heteroatoms. The van der Waals surface area contributed by atoms with E-state index in [4.69, 9.17) is 14.2 Å². The van der Waals surface area contributed by atoms with Crippen LogP contribution in [0, 0.1) is 0 Å². The van der Waals surface area contributed by atoms with E-state index in [0.29, 0.717) is 53.8 Å². The van der Waals surface area contributed by atoms with Gasteiger partial charge in [0, 0.05) is 0 Å². The molecule has 1 heterocycles. The highest BCUT2D eigenvalue weighted by Gasteiger charge is 2.15. The number of ether oxygens (including phenoxy) is 3. The minimum absolute atomic E-state index is 0.0129. The smallest absolute Gasteiger partial charge is 0.331 e. The number of aliphatic hydroxyl groups excluding tert-OH is 3. The quantitative estimate of drug-likeness (QED) is 0.129. The minimum Gasteiger partial charge on any atom is -0.508 e. The number of aromatic nitrogens is 3. The minimum atomic E-state index is 0.0129. The molecular formula is C48H45N3O6. The van der Waals surface area contributed by atoms with Crippen LogP contribution in [-0.4, -0.2) is 30.3 Å². The summed E-state index contributed by atoms with van der Waals surface area (Å²) in [5, 5.41) is 29.0. The van der Waals surface area contributed by atoms with Crippen molar-refractivity contribution in [1.29, 1.82) is 0 Å². The molecule has 0 saturated heterocycles. The molecule has 0 atom stereocenters. The number of aliphatic hydroxyl groups is 3. The van der Waals surface area contributed by atoms with Crippen LogP contribution < -0.4 is 14.2 Å². The highest BCUT2D eigenvalue weighted by Crippen LogP contribution is 2.30. The fourth-order valence-corrected chi connectivity index (χ4v) is 6.62. The lowest BCUT2D eigenvalue weighted by Crippen LogP contribution is -2.02. The molecule has 7 rings (SSSR count). The first-order valence-corrected chi connectivity index (χ1v) is 19.0. The van der Waals surface area contributed by atoms with Crippen molar-refractivity contribution in [3.63, 3.8) is 0 Å². The summed E-state index contributed by atoms with van der Waals surface area (Å²) >= 11 is 0. The molecule has 0 saturated carbocycles. The Morgan fingerprint density at radius 1 is 0.421 bits per heavy atom. The van der Waals surface area contributed by atoms with Crippen molar-refractivity contribution in [3.05, 3.63) is 195 Å². The maximum absolute atomic E-state index is 9.68. The van der Waals surface area contributed by atoms with Gasteiger partial charge in [-0.25, -0.2) is 0 Å². The van der Waals surface area contributed by atoms with E-state index in [1.807, 2.05) is 109 Å². The Labute approximate surface area is 333 Å². The van der Waals surface area contributed by atoms with Crippen LogP contribution in [0.3, 0.4) is 0 Å². The highest BCUT2D eigenvalue weighted by molar-refractivity contribution is 5.42. The van der Waals surface area contributed by atoms with Gasteiger partial charge in [0.15, 0.2) is 0 Å². The molecule has 3 aliphatic rings. The van der Waals surface area contributed by atoms with Gasteiger partial charge in [0.25, 0.3) is 0 Å². The van der Waals surface area contributed by atoms with E-state index in [1.54, 1.807) is 18.2 Å². The number of nitrogens with zero attached hydrogens (tertiary/aromatic N) is 3. The topological polar surface area (TPSA) is 127 Å². The van der Waals surface area contributed by atoms with Crippen molar-refractivity contribution in [2.24, 2.45) is 0 Å². The molecule has 0 bridgehead atoms. The van der Waals surface area contributed by atoms with Gasteiger partial charge < -0.3 is 29.5 Å². The SMILES string of the molecule is C/C(Cc1ccc(Oc2nc(Oc3ccc(C/C(C)=C4/C=CC(O)=CC4)cc3)nc(Oc3ccc(C/C(C)=C4/C=CC(O)=CC4)cc3)n2)cc1)=C1\C=CC(O)=CC1. The Hall–Kier alpha value is -6.87. The average molecular weight is 760 g/mol. The standard InChI is InChI=1S/C48H45N3O6/c1-31(37-10-16-40(52)17-11-37)28-34-4-22-43(23-5-34)55-46-49-47(56-44-24-6-35(7-25-44)29-32(2)38-12-18-41(53)19-13-38)51-48(50-46)57-45-26-8-36(9-27-45)30-33(3)39-14-20-42(54)21-15-39/h4-10,12,14,16-27,52-54H,11,13,15,28-30H2,1-3H3/b37-31-,38-32-,39-33-. The zero-order chi connectivity index (χ0) is 39.7. The van der Waals surface area contributed by atoms with Crippen LogP contribution in [-0.2, 0) is 19.3 Å². The first-order chi connectivity index (χ1) is 27.6. The first kappa shape index (κ1) is 38.4. The second-order valence-corrected chi connectivity index (χ2v) is 14.4. The van der Waals surface area contributed by atoms with Crippen LogP contribution in [0.1, 0.15) is 56.7 Å². The van der Waals surface area contributed by atoms with Gasteiger partial charge in [-0.15, -0.1) is 15.0 Å². The Bertz CT molecular complexity index is 2130. The predicted molar refractivity (Wildman–Crippen MR) is 222 cm³/mol. The number of hydrogen-bond acceptors (Lipinski definition) is 9. The van der Waals surface area contributed by atoms with E-state index >= 15 is 0 Å². The molecule has 0 amide bonds. The van der Waals surface area contributed by atoms with Crippen molar-refractivity contribution >= 4 is 0 Å². The lowest BCUT2D eigenvalue weighted by atomic mass is 9.96. The fraction of sp³-hybridized carbons (Fsp3) is 0.188. The van der Waals surface area contributed by atoms with Crippen LogP contribution in [0.15, 0.2) is 178 Å². The molecule has 3 aliphatic carbocycles. The van der Waals surface area contributed by atoms with Crippen molar-refractivity contribution in [3.8, 4) is 35.3 Å². The molecule has 3 aromatic carbocycles. The largest absolute Gasteiger partial charge is 0.508 e. The molecule has 3 N–H and O–H groups in total. The van der Waals surface area contributed by atoms with Crippen molar-refractivity contribution in [1.82, 2.24) is 15.0 Å². The zero-order valence-electron chi connectivity index (χ0n) is 32.3. The fourth-order valence-electron chi connectivity index (χ4n) is 6.62. The lowest BCUT2D eigenvalue weighted by Gasteiger charge is -2.12. The van der Waals surface area contributed by atoms with Crippen LogP contribution in [0.2, 0.25) is 0 Å². The summed E-state index contributed by atoms with van der Waals surface area (Å²) < 4.78 is 18.4. The molecule has 0 radical (unpaired) electrons. The van der Waals surface area contributed by atoms with Gasteiger partial charge in [0.05, 0.1) is 0 Å². The van der Waals surface area contributed by atoms with Crippen molar-refractivity contribution in [2.45, 2.75) is 59.3 Å². The monoisotopic (exact) mass is 759 g/mol. The first-order valence-electron chi connectivity index (χ1n) is 19.0. The molecule has 1 aromatic heterocycles. The van der Waals surface area contributed by atoms with Crippen LogP contribution in [0.25, 0.3) is 0 Å². The van der Waals surface area contributed by atoms with E-state index in [9.17, 15) is 15.3 Å². The number of benzene rings is 3. The third-order valence-corrected chi connectivity index (χ3v) is 9.98. The van der Waals surface area contributed by atoms with E-state index in [-0.39, 0.29) is 18.0 Å². The maximum Gasteiger partial charge on any atom is 0.331 e. The van der Waals surface area contributed by atoms with Crippen molar-refractivity contribution in [2.75, 3.05) is 0 Å². The number of allylic oxidation sites excluding steroid dienone is 15. The summed E-state index contributed by atoms with van der Waals surface area (Å²) in [6, 6.07) is 23.3. The molecule has 4 aromatic rings. The van der Waals surface area contributed by atoms with Crippen LogP contribution >= 0.6 is 0 Å². The Balaban J connectivity index is 1.07. The number of hydrogen-bond donors (Lipinski definition) is 3. The van der Waals surface area contributed by atoms with E-state index in [1.165, 1.54) is 33.4 Å². The van der Waals surface area contributed by atoms with Gasteiger partial charge >= 0.3 is 18.0 Å².